The Hall–Kier alpha value is -5.33. The molecule has 0 saturated carbocycles. The zero-order chi connectivity index (χ0) is 34.6. The van der Waals surface area contributed by atoms with Crippen LogP contribution >= 0.6 is 0 Å². The highest BCUT2D eigenvalue weighted by Crippen LogP contribution is 2.19. The number of nitrogens with one attached hydrogen (secondary N) is 4. The van der Waals surface area contributed by atoms with Crippen LogP contribution in [0.3, 0.4) is 0 Å². The van der Waals surface area contributed by atoms with E-state index in [9.17, 15) is 24.0 Å². The van der Waals surface area contributed by atoms with Crippen LogP contribution in [0.15, 0.2) is 66.7 Å². The molecule has 0 bridgehead atoms. The highest BCUT2D eigenvalue weighted by Gasteiger charge is 2.29. The summed E-state index contributed by atoms with van der Waals surface area (Å²) in [5, 5.41) is 15.8. The maximum Gasteiger partial charge on any atom is 0.247 e. The lowest BCUT2D eigenvalue weighted by molar-refractivity contribution is -0.135. The molecule has 0 spiro atoms. The van der Waals surface area contributed by atoms with Crippen molar-refractivity contribution in [2.45, 2.75) is 65.2 Å². The van der Waals surface area contributed by atoms with Gasteiger partial charge in [0, 0.05) is 24.7 Å². The molecule has 2 heterocycles. The minimum atomic E-state index is -0.980. The minimum Gasteiger partial charge on any atom is -0.354 e. The number of carbonyl (C=O) groups is 5. The van der Waals surface area contributed by atoms with E-state index in [0.29, 0.717) is 24.5 Å². The van der Waals surface area contributed by atoms with Crippen LogP contribution in [0.5, 0.6) is 0 Å². The van der Waals surface area contributed by atoms with Crippen molar-refractivity contribution in [3.63, 3.8) is 0 Å². The van der Waals surface area contributed by atoms with Gasteiger partial charge in [-0.1, -0.05) is 74.5 Å². The first-order chi connectivity index (χ1) is 23.0. The fourth-order valence-electron chi connectivity index (χ4n) is 5.20. The molecule has 13 nitrogen and oxygen atoms in total. The molecule has 2 aromatic carbocycles. The Morgan fingerprint density at radius 2 is 1.56 bits per heavy atom. The average molecular weight is 657 g/mol. The molecule has 4 N–H and O–H groups in total. The van der Waals surface area contributed by atoms with Crippen LogP contribution in [-0.2, 0) is 30.5 Å². The Labute approximate surface area is 280 Å². The first-order valence-corrected chi connectivity index (χ1v) is 16.2. The maximum absolute atomic E-state index is 13.5. The number of rotatable bonds is 5. The third kappa shape index (κ3) is 10.3. The van der Waals surface area contributed by atoms with Gasteiger partial charge in [0.25, 0.3) is 0 Å². The van der Waals surface area contributed by atoms with Gasteiger partial charge in [0.05, 0.1) is 12.6 Å². The minimum absolute atomic E-state index is 0.0587. The number of benzene rings is 2. The summed E-state index contributed by atoms with van der Waals surface area (Å²) in [6.45, 7) is 7.06. The summed E-state index contributed by atoms with van der Waals surface area (Å²) in [7, 11) is 0. The molecule has 1 aliphatic heterocycles. The van der Waals surface area contributed by atoms with Gasteiger partial charge in [-0.25, -0.2) is 9.67 Å². The molecule has 0 radical (unpaired) electrons. The molecular formula is C35H44N8O5. The normalized spacial score (nSPS) is 20.5. The van der Waals surface area contributed by atoms with Gasteiger partial charge in [0.1, 0.15) is 24.5 Å². The van der Waals surface area contributed by atoms with Gasteiger partial charge in [0.15, 0.2) is 5.82 Å². The van der Waals surface area contributed by atoms with Crippen molar-refractivity contribution in [2.24, 2.45) is 5.92 Å². The van der Waals surface area contributed by atoms with Gasteiger partial charge in [-0.15, -0.1) is 0 Å². The van der Waals surface area contributed by atoms with E-state index >= 15 is 0 Å². The Morgan fingerprint density at radius 1 is 0.875 bits per heavy atom. The molecule has 0 aliphatic carbocycles. The molecule has 3 aromatic rings. The third-order valence-electron chi connectivity index (χ3n) is 7.67. The molecular weight excluding hydrogens is 612 g/mol. The van der Waals surface area contributed by atoms with Gasteiger partial charge < -0.3 is 26.2 Å². The van der Waals surface area contributed by atoms with Crippen molar-refractivity contribution in [3.8, 4) is 11.4 Å². The topological polar surface area (TPSA) is 167 Å². The van der Waals surface area contributed by atoms with Crippen molar-refractivity contribution < 1.29 is 24.0 Å². The number of aromatic nitrogens is 3. The van der Waals surface area contributed by atoms with E-state index in [1.54, 1.807) is 13.0 Å². The summed E-state index contributed by atoms with van der Waals surface area (Å²) in [5.74, 6) is -1.43. The predicted molar refractivity (Wildman–Crippen MR) is 181 cm³/mol. The van der Waals surface area contributed by atoms with E-state index in [1.807, 2.05) is 74.5 Å². The Kier molecular flexibility index (Phi) is 12.6. The lowest BCUT2D eigenvalue weighted by Crippen LogP contribution is -2.54. The maximum atomic E-state index is 13.5. The number of fused-ring (bicyclic) bond motifs is 1. The molecule has 0 unspecified atom stereocenters. The van der Waals surface area contributed by atoms with E-state index in [-0.39, 0.29) is 38.0 Å². The Bertz CT molecular complexity index is 1610. The van der Waals surface area contributed by atoms with E-state index in [1.165, 1.54) is 22.6 Å². The summed E-state index contributed by atoms with van der Waals surface area (Å²) < 4.78 is 1.46. The SMILES string of the molecule is CC(C)C[C@H]1NC(=O)[C@@H](C)NC(=O)CN(C(=O)C=Cc2ccccc2)CCCNC(=O)Cn2nc(-c3ccccc3)nc2[C@H](C)NC1=O. The zero-order valence-corrected chi connectivity index (χ0v) is 27.8. The first kappa shape index (κ1) is 35.5. The van der Waals surface area contributed by atoms with Crippen LogP contribution in [0.25, 0.3) is 17.5 Å². The van der Waals surface area contributed by atoms with Crippen molar-refractivity contribution >= 4 is 35.6 Å². The summed E-state index contributed by atoms with van der Waals surface area (Å²) >= 11 is 0. The Balaban J connectivity index is 1.60. The van der Waals surface area contributed by atoms with Crippen LogP contribution in [0.1, 0.15) is 58.0 Å². The highest BCUT2D eigenvalue weighted by molar-refractivity contribution is 5.96. The molecule has 254 valence electrons. The molecule has 5 amide bonds. The second-order valence-electron chi connectivity index (χ2n) is 12.2. The van der Waals surface area contributed by atoms with E-state index < -0.39 is 41.8 Å². The average Bonchev–Trinajstić information content (AvgIpc) is 3.48. The Morgan fingerprint density at radius 3 is 2.25 bits per heavy atom. The second kappa shape index (κ2) is 17.0. The van der Waals surface area contributed by atoms with E-state index in [4.69, 9.17) is 0 Å². The lowest BCUT2D eigenvalue weighted by Gasteiger charge is -2.25. The highest BCUT2D eigenvalue weighted by atomic mass is 16.2. The lowest BCUT2D eigenvalue weighted by atomic mass is 10.0. The molecule has 0 fully saturated rings. The van der Waals surface area contributed by atoms with Crippen molar-refractivity contribution in [1.82, 2.24) is 40.9 Å². The summed E-state index contributed by atoms with van der Waals surface area (Å²) in [6.07, 6.45) is 3.75. The quantitative estimate of drug-likeness (QED) is 0.306. The molecule has 4 rings (SSSR count). The first-order valence-electron chi connectivity index (χ1n) is 16.2. The number of carbonyl (C=O) groups excluding carboxylic acids is 5. The number of nitrogens with zero attached hydrogens (tertiary/aromatic N) is 4. The molecule has 1 aliphatic rings. The van der Waals surface area contributed by atoms with E-state index in [0.717, 1.165) is 11.1 Å². The monoisotopic (exact) mass is 656 g/mol. The number of hydrogen-bond acceptors (Lipinski definition) is 7. The second-order valence-corrected chi connectivity index (χ2v) is 12.2. The zero-order valence-electron chi connectivity index (χ0n) is 27.8. The molecule has 1 aromatic heterocycles. The number of amides is 5. The fraction of sp³-hybridized carbons (Fsp3) is 0.400. The van der Waals surface area contributed by atoms with Crippen LogP contribution < -0.4 is 21.3 Å². The largest absolute Gasteiger partial charge is 0.354 e. The van der Waals surface area contributed by atoms with Gasteiger partial charge in [0.2, 0.25) is 29.5 Å². The fourth-order valence-corrected chi connectivity index (χ4v) is 5.20. The summed E-state index contributed by atoms with van der Waals surface area (Å²) in [6, 6.07) is 16.0. The molecule has 0 saturated heterocycles. The standard InChI is InChI=1S/C35H44N8O5/c1-23(2)20-28-35(48)38-24(3)33-40-32(27-14-9-6-10-15-27)41-43(33)22-29(44)36-18-11-19-42(21-30(45)37-25(4)34(47)39-28)31(46)17-16-26-12-7-5-8-13-26/h5-10,12-17,23-25,28H,11,18-22H2,1-4H3,(H,36,44)(H,37,45)(H,38,48)(H,39,47)/t24-,25+,28+/m0/s1. The van der Waals surface area contributed by atoms with Gasteiger partial charge in [-0.3, -0.25) is 24.0 Å². The summed E-state index contributed by atoms with van der Waals surface area (Å²) in [4.78, 5) is 72.1. The van der Waals surface area contributed by atoms with Crippen LogP contribution in [0.4, 0.5) is 0 Å². The van der Waals surface area contributed by atoms with Crippen LogP contribution in [0, 0.1) is 5.92 Å². The smallest absolute Gasteiger partial charge is 0.247 e. The summed E-state index contributed by atoms with van der Waals surface area (Å²) in [5.41, 5.74) is 1.57. The molecule has 48 heavy (non-hydrogen) atoms. The molecule has 13 heteroatoms. The van der Waals surface area contributed by atoms with Gasteiger partial charge in [-0.05, 0) is 44.2 Å². The van der Waals surface area contributed by atoms with Crippen molar-refractivity contribution in [3.05, 3.63) is 78.1 Å². The third-order valence-corrected chi connectivity index (χ3v) is 7.67. The van der Waals surface area contributed by atoms with Crippen LogP contribution in [0.2, 0.25) is 0 Å². The van der Waals surface area contributed by atoms with Crippen molar-refractivity contribution in [2.75, 3.05) is 19.6 Å². The van der Waals surface area contributed by atoms with Crippen molar-refractivity contribution in [1.29, 1.82) is 0 Å². The van der Waals surface area contributed by atoms with E-state index in [2.05, 4.69) is 31.3 Å². The van der Waals surface area contributed by atoms with Gasteiger partial charge in [-0.2, -0.15) is 5.10 Å². The number of hydrogen-bond donors (Lipinski definition) is 4. The molecule has 3 atom stereocenters. The van der Waals surface area contributed by atoms with Gasteiger partial charge >= 0.3 is 0 Å². The van der Waals surface area contributed by atoms with Crippen LogP contribution in [-0.4, -0.2) is 80.9 Å². The predicted octanol–water partition coefficient (Wildman–Crippen LogP) is 2.22.